The smallest absolute Gasteiger partial charge is 0.339 e. The molecule has 0 radical (unpaired) electrons. The number of hydrogen-bond acceptors (Lipinski definition) is 9. The maximum absolute atomic E-state index is 13.3. The summed E-state index contributed by atoms with van der Waals surface area (Å²) < 4.78 is 60.7. The molecule has 0 fully saturated rings. The number of anilines is 1. The van der Waals surface area contributed by atoms with Crippen LogP contribution in [-0.4, -0.2) is 53.0 Å². The lowest BCUT2D eigenvalue weighted by Gasteiger charge is -2.17. The molecule has 5 aromatic rings. The van der Waals surface area contributed by atoms with Crippen molar-refractivity contribution in [3.8, 4) is 5.75 Å². The van der Waals surface area contributed by atoms with Crippen LogP contribution in [0.25, 0.3) is 21.5 Å². The molecule has 0 heterocycles. The average molecular weight is 650 g/mol. The Morgan fingerprint density at radius 3 is 2.18 bits per heavy atom. The molecule has 1 unspecified atom stereocenters. The number of fused-ring (bicyclic) bond motifs is 2. The molecule has 14 heteroatoms. The second kappa shape index (κ2) is 12.1. The first kappa shape index (κ1) is 31.4. The van der Waals surface area contributed by atoms with Crippen LogP contribution in [0.15, 0.2) is 107 Å². The highest BCUT2D eigenvalue weighted by Gasteiger charge is 2.28. The van der Waals surface area contributed by atoms with E-state index in [1.807, 2.05) is 31.1 Å². The number of rotatable bonds is 11. The number of non-ortho nitro benzene ring substituents is 1. The van der Waals surface area contributed by atoms with Crippen LogP contribution >= 0.6 is 0 Å². The second-order valence-corrected chi connectivity index (χ2v) is 13.5. The number of aliphatic carboxylic acids is 1. The van der Waals surface area contributed by atoms with Crippen LogP contribution in [0.3, 0.4) is 0 Å². The van der Waals surface area contributed by atoms with E-state index in [4.69, 9.17) is 4.18 Å². The third kappa shape index (κ3) is 6.57. The Morgan fingerprint density at radius 2 is 1.51 bits per heavy atom. The summed E-state index contributed by atoms with van der Waals surface area (Å²) in [4.78, 5) is 24.2. The molecule has 0 aromatic heterocycles. The van der Waals surface area contributed by atoms with Gasteiger partial charge in [0.05, 0.1) is 9.82 Å². The van der Waals surface area contributed by atoms with Crippen molar-refractivity contribution in [2.75, 3.05) is 19.0 Å². The molecule has 0 spiro atoms. The summed E-state index contributed by atoms with van der Waals surface area (Å²) in [5.41, 5.74) is 1.01. The molecule has 2 N–H and O–H groups in total. The van der Waals surface area contributed by atoms with E-state index in [0.717, 1.165) is 11.1 Å². The van der Waals surface area contributed by atoms with Crippen LogP contribution < -0.4 is 13.8 Å². The van der Waals surface area contributed by atoms with Gasteiger partial charge in [-0.25, -0.2) is 8.42 Å². The largest absolute Gasteiger partial charge is 0.480 e. The van der Waals surface area contributed by atoms with Gasteiger partial charge in [-0.1, -0.05) is 48.5 Å². The van der Waals surface area contributed by atoms with Crippen LogP contribution in [0.1, 0.15) is 5.56 Å². The standard InChI is InChI=1S/C31H27N3O9S2/c1-33(2)28-9-4-8-26-25(28)7-5-11-30(26)45(41,42)43-23-15-12-20(13-16-23)18-27(31(35)36)32-44(39,40)29-10-3-6-21-19-22(34(37)38)14-17-24(21)29/h3-17,19,27,32H,18H2,1-2H3,(H,35,36). The molecule has 0 saturated heterocycles. The zero-order valence-corrected chi connectivity index (χ0v) is 25.6. The number of nitro groups is 1. The topological polar surface area (TPSA) is 173 Å². The summed E-state index contributed by atoms with van der Waals surface area (Å²) in [6, 6.07) is 22.1. The van der Waals surface area contributed by atoms with E-state index in [1.165, 1.54) is 66.7 Å². The predicted octanol–water partition coefficient (Wildman–Crippen LogP) is 4.71. The van der Waals surface area contributed by atoms with Crippen molar-refractivity contribution in [3.63, 3.8) is 0 Å². The predicted molar refractivity (Wildman–Crippen MR) is 169 cm³/mol. The second-order valence-electron chi connectivity index (χ2n) is 10.3. The van der Waals surface area contributed by atoms with Gasteiger partial charge in [0.15, 0.2) is 0 Å². The highest BCUT2D eigenvalue weighted by atomic mass is 32.2. The minimum absolute atomic E-state index is 0.0168. The molecule has 0 aliphatic carbocycles. The summed E-state index contributed by atoms with van der Waals surface area (Å²) in [5, 5.41) is 22.6. The minimum atomic E-state index is -4.38. The molecular formula is C31H27N3O9S2. The van der Waals surface area contributed by atoms with Crippen molar-refractivity contribution in [3.05, 3.63) is 113 Å². The fourth-order valence-corrected chi connectivity index (χ4v) is 7.55. The summed E-state index contributed by atoms with van der Waals surface area (Å²) in [5.74, 6) is -1.46. The van der Waals surface area contributed by atoms with E-state index in [1.54, 1.807) is 18.2 Å². The third-order valence-electron chi connectivity index (χ3n) is 7.10. The Morgan fingerprint density at radius 1 is 0.867 bits per heavy atom. The van der Waals surface area contributed by atoms with Gasteiger partial charge in [0.25, 0.3) is 5.69 Å². The van der Waals surface area contributed by atoms with Crippen molar-refractivity contribution < 1.29 is 35.8 Å². The van der Waals surface area contributed by atoms with Gasteiger partial charge in [0.2, 0.25) is 10.0 Å². The maximum atomic E-state index is 13.3. The SMILES string of the molecule is CN(C)c1cccc2c(S(=O)(=O)Oc3ccc(CC(NS(=O)(=O)c4cccc5cc([N+](=O)[O-])ccc45)C(=O)O)cc3)cccc12. The summed E-state index contributed by atoms with van der Waals surface area (Å²) >= 11 is 0. The van der Waals surface area contributed by atoms with Gasteiger partial charge in [0.1, 0.15) is 16.7 Å². The van der Waals surface area contributed by atoms with E-state index in [9.17, 15) is 36.9 Å². The van der Waals surface area contributed by atoms with Crippen LogP contribution in [0, 0.1) is 10.1 Å². The van der Waals surface area contributed by atoms with Crippen molar-refractivity contribution >= 4 is 59.0 Å². The van der Waals surface area contributed by atoms with Gasteiger partial charge in [-0.2, -0.15) is 13.1 Å². The molecule has 5 aromatic carbocycles. The number of nitrogens with one attached hydrogen (secondary N) is 1. The molecular weight excluding hydrogens is 622 g/mol. The number of sulfonamides is 1. The molecule has 5 rings (SSSR count). The Kier molecular flexibility index (Phi) is 8.47. The molecule has 0 aliphatic heterocycles. The summed E-state index contributed by atoms with van der Waals surface area (Å²) in [7, 11) is -4.93. The van der Waals surface area contributed by atoms with E-state index in [2.05, 4.69) is 4.72 Å². The lowest BCUT2D eigenvalue weighted by Crippen LogP contribution is -2.42. The first-order valence-corrected chi connectivity index (χ1v) is 16.3. The molecule has 1 atom stereocenters. The first-order valence-electron chi connectivity index (χ1n) is 13.4. The van der Waals surface area contributed by atoms with Gasteiger partial charge in [0, 0.05) is 48.1 Å². The number of nitrogens with zero attached hydrogens (tertiary/aromatic N) is 2. The third-order valence-corrected chi connectivity index (χ3v) is 9.94. The summed E-state index contributed by atoms with van der Waals surface area (Å²) in [6.45, 7) is 0. The number of nitro benzene ring substituents is 1. The molecule has 0 amide bonds. The van der Waals surface area contributed by atoms with Crippen LogP contribution in [0.4, 0.5) is 11.4 Å². The number of carboxylic acids is 1. The van der Waals surface area contributed by atoms with Crippen molar-refractivity contribution in [1.29, 1.82) is 0 Å². The quantitative estimate of drug-likeness (QED) is 0.116. The lowest BCUT2D eigenvalue weighted by molar-refractivity contribution is -0.384. The average Bonchev–Trinajstić information content (AvgIpc) is 3.00. The first-order chi connectivity index (χ1) is 21.3. The molecule has 232 valence electrons. The van der Waals surface area contributed by atoms with Crippen LogP contribution in [0.2, 0.25) is 0 Å². The normalized spacial score (nSPS) is 12.6. The van der Waals surface area contributed by atoms with Gasteiger partial charge < -0.3 is 14.2 Å². The maximum Gasteiger partial charge on any atom is 0.339 e. The lowest BCUT2D eigenvalue weighted by atomic mass is 10.1. The van der Waals surface area contributed by atoms with E-state index >= 15 is 0 Å². The Labute approximate surface area is 258 Å². The van der Waals surface area contributed by atoms with Crippen molar-refractivity contribution in [2.24, 2.45) is 0 Å². The monoisotopic (exact) mass is 649 g/mol. The van der Waals surface area contributed by atoms with Gasteiger partial charge >= 0.3 is 16.1 Å². The highest BCUT2D eigenvalue weighted by Crippen LogP contribution is 2.32. The van der Waals surface area contributed by atoms with Gasteiger partial charge in [-0.15, -0.1) is 0 Å². The number of hydrogen-bond donors (Lipinski definition) is 2. The van der Waals surface area contributed by atoms with E-state index < -0.39 is 37.1 Å². The molecule has 45 heavy (non-hydrogen) atoms. The van der Waals surface area contributed by atoms with Gasteiger partial charge in [-0.3, -0.25) is 14.9 Å². The molecule has 0 aliphatic rings. The fourth-order valence-electron chi connectivity index (χ4n) is 4.98. The fraction of sp³-hybridized carbons (Fsp3) is 0.129. The van der Waals surface area contributed by atoms with Gasteiger partial charge in [-0.05, 0) is 53.8 Å². The summed E-state index contributed by atoms with van der Waals surface area (Å²) in [6.07, 6.45) is -0.269. The molecule has 0 bridgehead atoms. The van der Waals surface area contributed by atoms with Crippen molar-refractivity contribution in [2.45, 2.75) is 22.3 Å². The Bertz CT molecular complexity index is 2170. The minimum Gasteiger partial charge on any atom is -0.480 e. The van der Waals surface area contributed by atoms with Crippen LogP contribution in [-0.2, 0) is 31.4 Å². The Hall–Kier alpha value is -5.05. The van der Waals surface area contributed by atoms with E-state index in [-0.39, 0.29) is 33.0 Å². The highest BCUT2D eigenvalue weighted by molar-refractivity contribution is 7.89. The Balaban J connectivity index is 1.35. The number of carbonyl (C=O) groups is 1. The van der Waals surface area contributed by atoms with E-state index in [0.29, 0.717) is 16.3 Å². The van der Waals surface area contributed by atoms with Crippen molar-refractivity contribution in [1.82, 2.24) is 4.72 Å². The van der Waals surface area contributed by atoms with Crippen LogP contribution in [0.5, 0.6) is 5.75 Å². The zero-order chi connectivity index (χ0) is 32.5. The molecule has 0 saturated carbocycles. The zero-order valence-electron chi connectivity index (χ0n) is 23.9. The number of carboxylic acid groups (broad SMARTS) is 1. The molecule has 12 nitrogen and oxygen atoms in total. The number of benzene rings is 5.